The Bertz CT molecular complexity index is 938. The number of rotatable bonds is 5. The SMILES string of the molecule is COc1ccc2cc([C@H](C)C(=O)N(C)Cc3cccc(F)c3)ccc2c1. The fraction of sp³-hybridized carbons (Fsp3) is 0.227. The van der Waals surface area contributed by atoms with Crippen LogP contribution in [0, 0.1) is 5.82 Å². The minimum absolute atomic E-state index is 0.00197. The lowest BCUT2D eigenvalue weighted by molar-refractivity contribution is -0.131. The van der Waals surface area contributed by atoms with Gasteiger partial charge in [-0.05, 0) is 53.1 Å². The van der Waals surface area contributed by atoms with E-state index >= 15 is 0 Å². The number of hydrogen-bond acceptors (Lipinski definition) is 2. The molecule has 0 saturated heterocycles. The molecule has 0 bridgehead atoms. The van der Waals surface area contributed by atoms with Crippen LogP contribution in [0.1, 0.15) is 24.0 Å². The Morgan fingerprint density at radius 2 is 1.81 bits per heavy atom. The van der Waals surface area contributed by atoms with Crippen LogP contribution in [0.4, 0.5) is 4.39 Å². The largest absolute Gasteiger partial charge is 0.497 e. The maximum absolute atomic E-state index is 13.3. The maximum Gasteiger partial charge on any atom is 0.229 e. The first kappa shape index (κ1) is 17.9. The van der Waals surface area contributed by atoms with Gasteiger partial charge in [0.15, 0.2) is 0 Å². The molecule has 0 spiro atoms. The highest BCUT2D eigenvalue weighted by atomic mass is 19.1. The van der Waals surface area contributed by atoms with Crippen LogP contribution in [-0.2, 0) is 11.3 Å². The average Bonchev–Trinajstić information content (AvgIpc) is 2.65. The number of benzene rings is 3. The maximum atomic E-state index is 13.3. The van der Waals surface area contributed by atoms with Crippen LogP contribution in [0.15, 0.2) is 60.7 Å². The molecule has 0 fully saturated rings. The van der Waals surface area contributed by atoms with Crippen molar-refractivity contribution in [1.29, 1.82) is 0 Å². The van der Waals surface area contributed by atoms with Gasteiger partial charge >= 0.3 is 0 Å². The van der Waals surface area contributed by atoms with Crippen LogP contribution in [0.25, 0.3) is 10.8 Å². The minimum atomic E-state index is -0.290. The topological polar surface area (TPSA) is 29.5 Å². The molecule has 26 heavy (non-hydrogen) atoms. The van der Waals surface area contributed by atoms with Gasteiger partial charge in [0.05, 0.1) is 13.0 Å². The second kappa shape index (κ2) is 7.56. The number of carbonyl (C=O) groups is 1. The molecule has 3 aromatic rings. The van der Waals surface area contributed by atoms with Gasteiger partial charge in [-0.2, -0.15) is 0 Å². The Morgan fingerprint density at radius 3 is 2.54 bits per heavy atom. The number of nitrogens with zero attached hydrogens (tertiary/aromatic N) is 1. The van der Waals surface area contributed by atoms with E-state index in [0.29, 0.717) is 6.54 Å². The van der Waals surface area contributed by atoms with Crippen molar-refractivity contribution in [3.05, 3.63) is 77.6 Å². The number of carbonyl (C=O) groups excluding carboxylic acids is 1. The van der Waals surface area contributed by atoms with Crippen molar-refractivity contribution in [3.8, 4) is 5.75 Å². The number of fused-ring (bicyclic) bond motifs is 1. The van der Waals surface area contributed by atoms with Crippen molar-refractivity contribution in [2.45, 2.75) is 19.4 Å². The molecule has 3 aromatic carbocycles. The Hall–Kier alpha value is -2.88. The molecule has 1 amide bonds. The summed E-state index contributed by atoms with van der Waals surface area (Å²) in [4.78, 5) is 14.4. The second-order valence-electron chi connectivity index (χ2n) is 6.52. The van der Waals surface area contributed by atoms with Gasteiger partial charge in [0.1, 0.15) is 11.6 Å². The molecular weight excluding hydrogens is 329 g/mol. The van der Waals surface area contributed by atoms with Gasteiger partial charge in [-0.3, -0.25) is 4.79 Å². The van der Waals surface area contributed by atoms with Crippen molar-refractivity contribution in [1.82, 2.24) is 4.90 Å². The van der Waals surface area contributed by atoms with Crippen LogP contribution in [-0.4, -0.2) is 25.0 Å². The first-order valence-electron chi connectivity index (χ1n) is 8.55. The van der Waals surface area contributed by atoms with E-state index < -0.39 is 0 Å². The van der Waals surface area contributed by atoms with Crippen molar-refractivity contribution >= 4 is 16.7 Å². The summed E-state index contributed by atoms with van der Waals surface area (Å²) in [5, 5.41) is 2.14. The Morgan fingerprint density at radius 1 is 1.08 bits per heavy atom. The van der Waals surface area contributed by atoms with E-state index in [9.17, 15) is 9.18 Å². The zero-order valence-corrected chi connectivity index (χ0v) is 15.2. The number of methoxy groups -OCH3 is 1. The quantitative estimate of drug-likeness (QED) is 0.664. The van der Waals surface area contributed by atoms with Gasteiger partial charge in [0.2, 0.25) is 5.91 Å². The van der Waals surface area contributed by atoms with Crippen LogP contribution in [0.5, 0.6) is 5.75 Å². The van der Waals surface area contributed by atoms with Gasteiger partial charge in [-0.15, -0.1) is 0 Å². The summed E-state index contributed by atoms with van der Waals surface area (Å²) in [6.07, 6.45) is 0. The van der Waals surface area contributed by atoms with E-state index in [1.807, 2.05) is 49.4 Å². The molecule has 0 radical (unpaired) electrons. The summed E-state index contributed by atoms with van der Waals surface area (Å²) in [6, 6.07) is 18.2. The molecular formula is C22H22FNO2. The minimum Gasteiger partial charge on any atom is -0.497 e. The van der Waals surface area contributed by atoms with Crippen LogP contribution < -0.4 is 4.74 Å². The zero-order chi connectivity index (χ0) is 18.7. The van der Waals surface area contributed by atoms with Crippen molar-refractivity contribution in [3.63, 3.8) is 0 Å². The predicted octanol–water partition coefficient (Wildman–Crippen LogP) is 4.75. The zero-order valence-electron chi connectivity index (χ0n) is 15.2. The van der Waals surface area contributed by atoms with Crippen molar-refractivity contribution < 1.29 is 13.9 Å². The van der Waals surface area contributed by atoms with E-state index in [0.717, 1.165) is 27.6 Å². The first-order chi connectivity index (χ1) is 12.5. The second-order valence-corrected chi connectivity index (χ2v) is 6.52. The monoisotopic (exact) mass is 351 g/mol. The van der Waals surface area contributed by atoms with Crippen LogP contribution in [0.3, 0.4) is 0 Å². The highest BCUT2D eigenvalue weighted by molar-refractivity contribution is 5.88. The lowest BCUT2D eigenvalue weighted by Crippen LogP contribution is -2.30. The van der Waals surface area contributed by atoms with Gasteiger partial charge in [0.25, 0.3) is 0 Å². The molecule has 4 heteroatoms. The molecule has 134 valence electrons. The smallest absolute Gasteiger partial charge is 0.229 e. The Balaban J connectivity index is 1.77. The number of halogens is 1. The molecule has 1 atom stereocenters. The molecule has 0 aliphatic rings. The third-order valence-electron chi connectivity index (χ3n) is 4.63. The standard InChI is InChI=1S/C22H22FNO2/c1-15(22(25)24(2)14-16-5-4-6-20(23)11-16)17-7-8-19-13-21(26-3)10-9-18(19)12-17/h4-13,15H,14H2,1-3H3/t15-/m0/s1. The fourth-order valence-corrected chi connectivity index (χ4v) is 3.10. The molecule has 0 heterocycles. The van der Waals surface area contributed by atoms with Crippen LogP contribution >= 0.6 is 0 Å². The van der Waals surface area contributed by atoms with Gasteiger partial charge in [-0.1, -0.05) is 36.4 Å². The molecule has 3 rings (SSSR count). The van der Waals surface area contributed by atoms with Gasteiger partial charge in [0, 0.05) is 13.6 Å². The molecule has 0 saturated carbocycles. The highest BCUT2D eigenvalue weighted by Crippen LogP contribution is 2.26. The summed E-state index contributed by atoms with van der Waals surface area (Å²) in [5.74, 6) is 0.243. The average molecular weight is 351 g/mol. The molecule has 0 aliphatic heterocycles. The molecule has 0 unspecified atom stereocenters. The number of hydrogen-bond donors (Lipinski definition) is 0. The predicted molar refractivity (Wildman–Crippen MR) is 102 cm³/mol. The molecule has 0 N–H and O–H groups in total. The third kappa shape index (κ3) is 3.85. The number of likely N-dealkylation sites (N-methyl/N-ethyl adjacent to an activating group) is 1. The summed E-state index contributed by atoms with van der Waals surface area (Å²) in [7, 11) is 3.39. The van der Waals surface area contributed by atoms with E-state index in [2.05, 4.69) is 0 Å². The fourth-order valence-electron chi connectivity index (χ4n) is 3.10. The number of ether oxygens (including phenoxy) is 1. The van der Waals surface area contributed by atoms with E-state index in [-0.39, 0.29) is 17.6 Å². The van der Waals surface area contributed by atoms with Crippen LogP contribution in [0.2, 0.25) is 0 Å². The Labute approximate surface area is 153 Å². The summed E-state index contributed by atoms with van der Waals surface area (Å²) >= 11 is 0. The summed E-state index contributed by atoms with van der Waals surface area (Å²) in [6.45, 7) is 2.28. The van der Waals surface area contributed by atoms with Gasteiger partial charge in [-0.25, -0.2) is 4.39 Å². The van der Waals surface area contributed by atoms with E-state index in [4.69, 9.17) is 4.74 Å². The number of amides is 1. The van der Waals surface area contributed by atoms with Crippen molar-refractivity contribution in [2.24, 2.45) is 0 Å². The summed E-state index contributed by atoms with van der Waals surface area (Å²) < 4.78 is 18.6. The molecule has 0 aromatic heterocycles. The summed E-state index contributed by atoms with van der Waals surface area (Å²) in [5.41, 5.74) is 1.73. The highest BCUT2D eigenvalue weighted by Gasteiger charge is 2.20. The third-order valence-corrected chi connectivity index (χ3v) is 4.63. The first-order valence-corrected chi connectivity index (χ1v) is 8.55. The lowest BCUT2D eigenvalue weighted by Gasteiger charge is -2.22. The van der Waals surface area contributed by atoms with Gasteiger partial charge < -0.3 is 9.64 Å². The molecule has 3 nitrogen and oxygen atoms in total. The Kier molecular flexibility index (Phi) is 5.21. The normalized spacial score (nSPS) is 12.0. The van der Waals surface area contributed by atoms with E-state index in [1.165, 1.54) is 12.1 Å². The van der Waals surface area contributed by atoms with E-state index in [1.54, 1.807) is 25.1 Å². The van der Waals surface area contributed by atoms with Crippen molar-refractivity contribution in [2.75, 3.05) is 14.2 Å². The molecule has 0 aliphatic carbocycles. The lowest BCUT2D eigenvalue weighted by atomic mass is 9.96.